The molecule has 1 aromatic heterocycles. The normalized spacial score (nSPS) is 13.7. The summed E-state index contributed by atoms with van der Waals surface area (Å²) in [6, 6.07) is 0.153. The first-order chi connectivity index (χ1) is 7.92. The maximum Gasteiger partial charge on any atom is 0.144 e. The van der Waals surface area contributed by atoms with Crippen LogP contribution in [-0.4, -0.2) is 27.6 Å². The van der Waals surface area contributed by atoms with Crippen molar-refractivity contribution in [2.75, 3.05) is 11.9 Å². The molecule has 0 aliphatic carbocycles. The summed E-state index contributed by atoms with van der Waals surface area (Å²) in [6.45, 7) is 10.4. The van der Waals surface area contributed by atoms with Crippen molar-refractivity contribution in [3.05, 3.63) is 6.20 Å². The van der Waals surface area contributed by atoms with Crippen molar-refractivity contribution in [1.82, 2.24) is 15.0 Å². The van der Waals surface area contributed by atoms with Crippen LogP contribution in [0.3, 0.4) is 0 Å². The molecule has 0 aliphatic heterocycles. The Morgan fingerprint density at radius 2 is 2.18 bits per heavy atom. The zero-order chi connectivity index (χ0) is 12.9. The van der Waals surface area contributed by atoms with Gasteiger partial charge in [0.05, 0.1) is 6.20 Å². The molecule has 0 spiro atoms. The molecule has 1 atom stereocenters. The van der Waals surface area contributed by atoms with Gasteiger partial charge in [-0.25, -0.2) is 4.68 Å². The van der Waals surface area contributed by atoms with Gasteiger partial charge in [-0.1, -0.05) is 32.9 Å². The van der Waals surface area contributed by atoms with Crippen LogP contribution in [0.15, 0.2) is 6.20 Å². The molecule has 1 aromatic rings. The van der Waals surface area contributed by atoms with Crippen molar-refractivity contribution in [3.8, 4) is 0 Å². The number of hydrogen-bond donors (Lipinski definition) is 2. The van der Waals surface area contributed by atoms with Crippen molar-refractivity contribution in [3.63, 3.8) is 0 Å². The average Bonchev–Trinajstić information content (AvgIpc) is 2.60. The van der Waals surface area contributed by atoms with Crippen LogP contribution >= 0.6 is 0 Å². The van der Waals surface area contributed by atoms with E-state index in [9.17, 15) is 0 Å². The van der Waals surface area contributed by atoms with Crippen LogP contribution in [0.1, 0.15) is 40.5 Å². The minimum absolute atomic E-state index is 0.153. The average molecular weight is 239 g/mol. The molecule has 0 aromatic carbocycles. The van der Waals surface area contributed by atoms with Gasteiger partial charge in [-0.05, 0) is 18.3 Å². The SMILES string of the molecule is CCCn1nncc1NCC(N)CC(C)(C)C. The second kappa shape index (κ2) is 6.00. The summed E-state index contributed by atoms with van der Waals surface area (Å²) in [5, 5.41) is 11.2. The Morgan fingerprint density at radius 1 is 1.47 bits per heavy atom. The molecule has 0 amide bonds. The van der Waals surface area contributed by atoms with E-state index in [4.69, 9.17) is 5.73 Å². The molecule has 3 N–H and O–H groups in total. The summed E-state index contributed by atoms with van der Waals surface area (Å²) in [7, 11) is 0. The molecular weight excluding hydrogens is 214 g/mol. The maximum absolute atomic E-state index is 6.09. The van der Waals surface area contributed by atoms with Gasteiger partial charge in [-0.2, -0.15) is 0 Å². The summed E-state index contributed by atoms with van der Waals surface area (Å²) in [5.41, 5.74) is 6.35. The molecule has 1 heterocycles. The Morgan fingerprint density at radius 3 is 2.76 bits per heavy atom. The summed E-state index contributed by atoms with van der Waals surface area (Å²) < 4.78 is 1.88. The van der Waals surface area contributed by atoms with E-state index >= 15 is 0 Å². The molecule has 17 heavy (non-hydrogen) atoms. The van der Waals surface area contributed by atoms with E-state index in [1.807, 2.05) is 4.68 Å². The van der Waals surface area contributed by atoms with Gasteiger partial charge in [0.15, 0.2) is 0 Å². The van der Waals surface area contributed by atoms with E-state index in [1.54, 1.807) is 6.20 Å². The van der Waals surface area contributed by atoms with E-state index in [0.717, 1.165) is 31.7 Å². The van der Waals surface area contributed by atoms with Crippen LogP contribution in [0.2, 0.25) is 0 Å². The Kier molecular flexibility index (Phi) is 4.93. The standard InChI is InChI=1S/C12H25N5/c1-5-6-17-11(9-15-16-17)14-8-10(13)7-12(2,3)4/h9-10,14H,5-8,13H2,1-4H3. The molecule has 1 rings (SSSR count). The first-order valence-electron chi connectivity index (χ1n) is 6.30. The smallest absolute Gasteiger partial charge is 0.144 e. The maximum atomic E-state index is 6.09. The van der Waals surface area contributed by atoms with Crippen LogP contribution in [0.25, 0.3) is 0 Å². The molecule has 0 radical (unpaired) electrons. The quantitative estimate of drug-likeness (QED) is 0.795. The van der Waals surface area contributed by atoms with Gasteiger partial charge < -0.3 is 11.1 Å². The molecule has 0 fully saturated rings. The minimum atomic E-state index is 0.153. The van der Waals surface area contributed by atoms with Crippen LogP contribution in [-0.2, 0) is 6.54 Å². The first-order valence-corrected chi connectivity index (χ1v) is 6.30. The Bertz CT molecular complexity index is 326. The molecule has 0 saturated heterocycles. The lowest BCUT2D eigenvalue weighted by Crippen LogP contribution is -2.33. The fourth-order valence-corrected chi connectivity index (χ4v) is 1.87. The molecule has 98 valence electrons. The van der Waals surface area contributed by atoms with Crippen molar-refractivity contribution >= 4 is 5.82 Å². The fraction of sp³-hybridized carbons (Fsp3) is 0.833. The predicted octanol–water partition coefficient (Wildman–Crippen LogP) is 1.86. The Hall–Kier alpha value is -1.10. The lowest BCUT2D eigenvalue weighted by atomic mass is 9.88. The minimum Gasteiger partial charge on any atom is -0.367 e. The molecule has 5 nitrogen and oxygen atoms in total. The van der Waals surface area contributed by atoms with Gasteiger partial charge in [0.2, 0.25) is 0 Å². The van der Waals surface area contributed by atoms with Crippen LogP contribution in [0, 0.1) is 5.41 Å². The first kappa shape index (κ1) is 14.0. The zero-order valence-corrected chi connectivity index (χ0v) is 11.4. The highest BCUT2D eigenvalue weighted by Gasteiger charge is 2.15. The van der Waals surface area contributed by atoms with Crippen molar-refractivity contribution in [2.45, 2.75) is 53.1 Å². The number of anilines is 1. The number of aromatic nitrogens is 3. The van der Waals surface area contributed by atoms with E-state index < -0.39 is 0 Å². The fourth-order valence-electron chi connectivity index (χ4n) is 1.87. The van der Waals surface area contributed by atoms with E-state index in [1.165, 1.54) is 0 Å². The number of nitrogens with one attached hydrogen (secondary N) is 1. The second-order valence-corrected chi connectivity index (χ2v) is 5.75. The van der Waals surface area contributed by atoms with Crippen molar-refractivity contribution in [2.24, 2.45) is 11.1 Å². The van der Waals surface area contributed by atoms with Gasteiger partial charge in [-0.3, -0.25) is 0 Å². The lowest BCUT2D eigenvalue weighted by Gasteiger charge is -2.23. The molecule has 0 bridgehead atoms. The summed E-state index contributed by atoms with van der Waals surface area (Å²) in [5.74, 6) is 0.955. The topological polar surface area (TPSA) is 68.8 Å². The van der Waals surface area contributed by atoms with Gasteiger partial charge >= 0.3 is 0 Å². The molecular formula is C12H25N5. The molecule has 1 unspecified atom stereocenters. The van der Waals surface area contributed by atoms with Gasteiger partial charge in [0, 0.05) is 19.1 Å². The summed E-state index contributed by atoms with van der Waals surface area (Å²) in [4.78, 5) is 0. The van der Waals surface area contributed by atoms with Crippen LogP contribution < -0.4 is 11.1 Å². The number of nitrogens with two attached hydrogens (primary N) is 1. The Labute approximate surface area is 104 Å². The Balaban J connectivity index is 2.41. The number of hydrogen-bond acceptors (Lipinski definition) is 4. The third kappa shape index (κ3) is 5.17. The number of rotatable bonds is 6. The molecule has 5 heteroatoms. The van der Waals surface area contributed by atoms with E-state index in [2.05, 4.69) is 43.3 Å². The highest BCUT2D eigenvalue weighted by atomic mass is 15.4. The monoisotopic (exact) mass is 239 g/mol. The number of aryl methyl sites for hydroxylation is 1. The third-order valence-electron chi connectivity index (χ3n) is 2.47. The third-order valence-corrected chi connectivity index (χ3v) is 2.47. The van der Waals surface area contributed by atoms with Crippen LogP contribution in [0.5, 0.6) is 0 Å². The predicted molar refractivity (Wildman–Crippen MR) is 70.9 cm³/mol. The highest BCUT2D eigenvalue weighted by Crippen LogP contribution is 2.20. The van der Waals surface area contributed by atoms with Crippen LogP contribution in [0.4, 0.5) is 5.82 Å². The number of nitrogens with zero attached hydrogens (tertiary/aromatic N) is 3. The summed E-state index contributed by atoms with van der Waals surface area (Å²) in [6.07, 6.45) is 3.79. The molecule has 0 saturated carbocycles. The van der Waals surface area contributed by atoms with E-state index in [0.29, 0.717) is 0 Å². The van der Waals surface area contributed by atoms with Gasteiger partial charge in [-0.15, -0.1) is 5.10 Å². The van der Waals surface area contributed by atoms with E-state index in [-0.39, 0.29) is 11.5 Å². The largest absolute Gasteiger partial charge is 0.367 e. The van der Waals surface area contributed by atoms with Crippen molar-refractivity contribution < 1.29 is 0 Å². The highest BCUT2D eigenvalue weighted by molar-refractivity contribution is 5.31. The molecule has 0 aliphatic rings. The van der Waals surface area contributed by atoms with Gasteiger partial charge in [0.25, 0.3) is 0 Å². The zero-order valence-electron chi connectivity index (χ0n) is 11.4. The summed E-state index contributed by atoms with van der Waals surface area (Å²) >= 11 is 0. The van der Waals surface area contributed by atoms with Crippen molar-refractivity contribution in [1.29, 1.82) is 0 Å². The lowest BCUT2D eigenvalue weighted by molar-refractivity contribution is 0.344. The van der Waals surface area contributed by atoms with Gasteiger partial charge in [0.1, 0.15) is 5.82 Å². The second-order valence-electron chi connectivity index (χ2n) is 5.75.